The van der Waals surface area contributed by atoms with Crippen molar-refractivity contribution in [2.45, 2.75) is 40.0 Å². The van der Waals surface area contributed by atoms with Crippen LogP contribution in [0, 0.1) is 13.8 Å². The first-order valence-corrected chi connectivity index (χ1v) is 10.0. The first-order valence-electron chi connectivity index (χ1n) is 9.19. The standard InChI is InChI=1S/C19H18F3N5O4S/c1-7(2)31-18(30)13-9(4)14(15(23)28)32-17(13)25-16(29)10-6-12-24-8(3)5-11(19(20,21)22)27(12)26-10/h5-7H,1-4H3,(H2,23,28)(H,25,29). The molecule has 3 rings (SSSR count). The molecule has 2 amide bonds. The van der Waals surface area contributed by atoms with Crippen LogP contribution in [0.3, 0.4) is 0 Å². The number of primary amides is 1. The van der Waals surface area contributed by atoms with Crippen LogP contribution < -0.4 is 11.1 Å². The Morgan fingerprint density at radius 2 is 1.88 bits per heavy atom. The minimum absolute atomic E-state index is 0.0302. The van der Waals surface area contributed by atoms with E-state index in [4.69, 9.17) is 10.5 Å². The number of alkyl halides is 3. The minimum atomic E-state index is -4.72. The summed E-state index contributed by atoms with van der Waals surface area (Å²) in [6.45, 7) is 6.10. The monoisotopic (exact) mass is 469 g/mol. The van der Waals surface area contributed by atoms with Gasteiger partial charge in [-0.2, -0.15) is 18.3 Å². The van der Waals surface area contributed by atoms with E-state index in [2.05, 4.69) is 15.4 Å². The van der Waals surface area contributed by atoms with Gasteiger partial charge in [0.1, 0.15) is 10.7 Å². The van der Waals surface area contributed by atoms with E-state index in [1.54, 1.807) is 13.8 Å². The summed E-state index contributed by atoms with van der Waals surface area (Å²) in [6, 6.07) is 1.89. The van der Waals surface area contributed by atoms with Gasteiger partial charge in [0.2, 0.25) is 0 Å². The number of aryl methyl sites for hydroxylation is 1. The fourth-order valence-corrected chi connectivity index (χ4v) is 3.98. The van der Waals surface area contributed by atoms with Crippen molar-refractivity contribution in [1.82, 2.24) is 14.6 Å². The van der Waals surface area contributed by atoms with E-state index < -0.39 is 35.8 Å². The van der Waals surface area contributed by atoms with Gasteiger partial charge < -0.3 is 15.8 Å². The highest BCUT2D eigenvalue weighted by Crippen LogP contribution is 2.34. The number of carbonyl (C=O) groups is 3. The number of ether oxygens (including phenoxy) is 1. The van der Waals surface area contributed by atoms with Gasteiger partial charge in [0.05, 0.1) is 16.5 Å². The Hall–Kier alpha value is -3.48. The number of rotatable bonds is 5. The number of hydrogen-bond donors (Lipinski definition) is 2. The van der Waals surface area contributed by atoms with E-state index >= 15 is 0 Å². The lowest BCUT2D eigenvalue weighted by atomic mass is 10.1. The lowest BCUT2D eigenvalue weighted by Gasteiger charge is -2.10. The normalized spacial score (nSPS) is 11.8. The number of fused-ring (bicyclic) bond motifs is 1. The molecular weight excluding hydrogens is 451 g/mol. The van der Waals surface area contributed by atoms with Crippen molar-refractivity contribution in [2.24, 2.45) is 5.73 Å². The Morgan fingerprint density at radius 3 is 2.44 bits per heavy atom. The molecule has 0 spiro atoms. The summed E-state index contributed by atoms with van der Waals surface area (Å²) in [5.74, 6) is -2.51. The highest BCUT2D eigenvalue weighted by Gasteiger charge is 2.35. The van der Waals surface area contributed by atoms with Crippen molar-refractivity contribution in [3.05, 3.63) is 45.2 Å². The van der Waals surface area contributed by atoms with E-state index in [-0.39, 0.29) is 38.0 Å². The molecule has 9 nitrogen and oxygen atoms in total. The molecule has 3 heterocycles. The fraction of sp³-hybridized carbons (Fsp3) is 0.316. The van der Waals surface area contributed by atoms with E-state index in [0.717, 1.165) is 23.5 Å². The molecule has 32 heavy (non-hydrogen) atoms. The Kier molecular flexibility index (Phi) is 5.96. The van der Waals surface area contributed by atoms with Crippen molar-refractivity contribution in [3.8, 4) is 0 Å². The van der Waals surface area contributed by atoms with Gasteiger partial charge in [0.25, 0.3) is 11.8 Å². The van der Waals surface area contributed by atoms with Crippen LogP contribution in [0.25, 0.3) is 5.65 Å². The number of carbonyl (C=O) groups excluding carboxylic acids is 3. The highest BCUT2D eigenvalue weighted by atomic mass is 32.1. The smallest absolute Gasteiger partial charge is 0.433 e. The third-order valence-electron chi connectivity index (χ3n) is 4.22. The molecule has 0 atom stereocenters. The number of hydrogen-bond acceptors (Lipinski definition) is 7. The molecular formula is C19H18F3N5O4S. The second kappa shape index (κ2) is 8.22. The third kappa shape index (κ3) is 4.42. The number of aromatic nitrogens is 3. The van der Waals surface area contributed by atoms with Crippen molar-refractivity contribution in [2.75, 3.05) is 5.32 Å². The van der Waals surface area contributed by atoms with Crippen LogP contribution in [0.2, 0.25) is 0 Å². The maximum atomic E-state index is 13.3. The second-order valence-corrected chi connectivity index (χ2v) is 8.13. The molecule has 0 aliphatic rings. The molecule has 3 aromatic rings. The van der Waals surface area contributed by atoms with Gasteiger partial charge in [-0.1, -0.05) is 0 Å². The van der Waals surface area contributed by atoms with E-state index in [1.165, 1.54) is 13.8 Å². The molecule has 170 valence electrons. The number of halogens is 3. The molecule has 3 N–H and O–H groups in total. The molecule has 0 saturated carbocycles. The molecule has 0 radical (unpaired) electrons. The lowest BCUT2D eigenvalue weighted by Crippen LogP contribution is -2.18. The van der Waals surface area contributed by atoms with Crippen LogP contribution in [-0.4, -0.2) is 38.5 Å². The van der Waals surface area contributed by atoms with E-state index in [1.807, 2.05) is 0 Å². The predicted molar refractivity (Wildman–Crippen MR) is 109 cm³/mol. The highest BCUT2D eigenvalue weighted by molar-refractivity contribution is 7.18. The first kappa shape index (κ1) is 23.2. The average molecular weight is 469 g/mol. The maximum Gasteiger partial charge on any atom is 0.433 e. The van der Waals surface area contributed by atoms with Gasteiger partial charge >= 0.3 is 12.1 Å². The molecule has 0 fully saturated rings. The molecule has 13 heteroatoms. The van der Waals surface area contributed by atoms with Crippen molar-refractivity contribution >= 4 is 39.8 Å². The Balaban J connectivity index is 2.04. The van der Waals surface area contributed by atoms with Gasteiger partial charge in [0.15, 0.2) is 11.3 Å². The third-order valence-corrected chi connectivity index (χ3v) is 5.44. The molecule has 0 unspecified atom stereocenters. The molecule has 3 aromatic heterocycles. The summed E-state index contributed by atoms with van der Waals surface area (Å²) in [5, 5.41) is 6.10. The maximum absolute atomic E-state index is 13.3. The van der Waals surface area contributed by atoms with Crippen LogP contribution in [0.4, 0.5) is 18.2 Å². The Morgan fingerprint density at radius 1 is 1.22 bits per heavy atom. The summed E-state index contributed by atoms with van der Waals surface area (Å²) in [5.41, 5.74) is 3.93. The first-order chi connectivity index (χ1) is 14.8. The van der Waals surface area contributed by atoms with Gasteiger partial charge in [-0.05, 0) is 39.3 Å². The fourth-order valence-electron chi connectivity index (χ4n) is 2.94. The number of esters is 1. The van der Waals surface area contributed by atoms with Crippen molar-refractivity contribution < 1.29 is 32.3 Å². The zero-order valence-electron chi connectivity index (χ0n) is 17.3. The topological polar surface area (TPSA) is 129 Å². The van der Waals surface area contributed by atoms with Gasteiger partial charge in [-0.25, -0.2) is 14.3 Å². The van der Waals surface area contributed by atoms with Crippen LogP contribution in [0.5, 0.6) is 0 Å². The number of amides is 2. The molecule has 0 aliphatic carbocycles. The van der Waals surface area contributed by atoms with E-state index in [9.17, 15) is 27.6 Å². The van der Waals surface area contributed by atoms with Gasteiger partial charge in [-0.15, -0.1) is 11.3 Å². The molecule has 0 aliphatic heterocycles. The zero-order chi connectivity index (χ0) is 24.0. The van der Waals surface area contributed by atoms with Crippen molar-refractivity contribution in [3.63, 3.8) is 0 Å². The van der Waals surface area contributed by atoms with E-state index in [0.29, 0.717) is 4.52 Å². The lowest BCUT2D eigenvalue weighted by molar-refractivity contribution is -0.142. The SMILES string of the molecule is Cc1cc(C(F)(F)F)n2nc(C(=O)Nc3sc(C(N)=O)c(C)c3C(=O)OC(C)C)cc2n1. The predicted octanol–water partition coefficient (Wildman–Crippen LogP) is 3.34. The Labute approximate surface area is 183 Å². The van der Waals surface area contributed by atoms with Crippen LogP contribution in [0.1, 0.15) is 61.3 Å². The van der Waals surface area contributed by atoms with Gasteiger partial charge in [0, 0.05) is 11.8 Å². The zero-order valence-corrected chi connectivity index (χ0v) is 18.1. The number of thiophene rings is 1. The quantitative estimate of drug-likeness (QED) is 0.552. The number of anilines is 1. The summed E-state index contributed by atoms with van der Waals surface area (Å²) in [4.78, 5) is 41.0. The largest absolute Gasteiger partial charge is 0.459 e. The average Bonchev–Trinajstić information content (AvgIpc) is 3.20. The Bertz CT molecular complexity index is 1250. The molecule has 0 saturated heterocycles. The van der Waals surface area contributed by atoms with Crippen LogP contribution >= 0.6 is 11.3 Å². The minimum Gasteiger partial charge on any atom is -0.459 e. The number of nitrogens with one attached hydrogen (secondary N) is 1. The van der Waals surface area contributed by atoms with Crippen LogP contribution in [0.15, 0.2) is 12.1 Å². The summed E-state index contributed by atoms with van der Waals surface area (Å²) >= 11 is 0.752. The summed E-state index contributed by atoms with van der Waals surface area (Å²) in [7, 11) is 0. The summed E-state index contributed by atoms with van der Waals surface area (Å²) < 4.78 is 45.7. The van der Waals surface area contributed by atoms with Gasteiger partial charge in [-0.3, -0.25) is 9.59 Å². The summed E-state index contributed by atoms with van der Waals surface area (Å²) in [6.07, 6.45) is -5.20. The van der Waals surface area contributed by atoms with Crippen molar-refractivity contribution in [1.29, 1.82) is 0 Å². The molecule has 0 bridgehead atoms. The number of nitrogens with zero attached hydrogens (tertiary/aromatic N) is 3. The molecule has 0 aromatic carbocycles. The second-order valence-electron chi connectivity index (χ2n) is 7.11. The number of nitrogens with two attached hydrogens (primary N) is 1. The van der Waals surface area contributed by atoms with Crippen LogP contribution in [-0.2, 0) is 10.9 Å².